The summed E-state index contributed by atoms with van der Waals surface area (Å²) >= 11 is 0. The Morgan fingerprint density at radius 3 is 2.28 bits per heavy atom. The van der Waals surface area contributed by atoms with Crippen LogP contribution in [0.3, 0.4) is 0 Å². The van der Waals surface area contributed by atoms with Gasteiger partial charge in [-0.05, 0) is 30.7 Å². The van der Waals surface area contributed by atoms with Crippen molar-refractivity contribution in [3.63, 3.8) is 0 Å². The molecule has 3 nitrogen and oxygen atoms in total. The van der Waals surface area contributed by atoms with Crippen LogP contribution in [0.2, 0.25) is 0 Å². The van der Waals surface area contributed by atoms with Crippen molar-refractivity contribution in [1.29, 1.82) is 0 Å². The quantitative estimate of drug-likeness (QED) is 0.812. The molecule has 2 N–H and O–H groups in total. The molecule has 1 amide bonds. The normalized spacial score (nSPS) is 11.3. The van der Waals surface area contributed by atoms with Gasteiger partial charge in [0.25, 0.3) is 0 Å². The number of nitrogens with one attached hydrogen (secondary N) is 2. The van der Waals surface area contributed by atoms with E-state index in [0.717, 1.165) is 25.2 Å². The molecule has 0 radical (unpaired) electrons. The third kappa shape index (κ3) is 4.15. The van der Waals surface area contributed by atoms with Crippen LogP contribution in [0.15, 0.2) is 24.3 Å². The van der Waals surface area contributed by atoms with Crippen molar-refractivity contribution in [3.05, 3.63) is 29.8 Å². The van der Waals surface area contributed by atoms with Gasteiger partial charge in [-0.15, -0.1) is 0 Å². The van der Waals surface area contributed by atoms with E-state index in [1.807, 2.05) is 45.0 Å². The lowest BCUT2D eigenvalue weighted by Crippen LogP contribution is -2.29. The highest BCUT2D eigenvalue weighted by Gasteiger charge is 2.24. The monoisotopic (exact) mass is 248 g/mol. The second-order valence-corrected chi connectivity index (χ2v) is 5.17. The highest BCUT2D eigenvalue weighted by Crippen LogP contribution is 2.22. The van der Waals surface area contributed by atoms with Gasteiger partial charge in [-0.25, -0.2) is 0 Å². The minimum atomic E-state index is -0.317. The number of anilines is 1. The first kappa shape index (κ1) is 14.7. The van der Waals surface area contributed by atoms with Crippen LogP contribution in [-0.2, 0) is 11.3 Å². The molecule has 0 spiro atoms. The van der Waals surface area contributed by atoms with E-state index in [0.29, 0.717) is 0 Å². The third-order valence-corrected chi connectivity index (χ3v) is 3.29. The Balaban J connectivity index is 2.61. The first-order valence-corrected chi connectivity index (χ1v) is 6.60. The van der Waals surface area contributed by atoms with E-state index in [1.54, 1.807) is 0 Å². The van der Waals surface area contributed by atoms with Crippen molar-refractivity contribution in [2.24, 2.45) is 5.41 Å². The number of amides is 1. The highest BCUT2D eigenvalue weighted by molar-refractivity contribution is 5.94. The van der Waals surface area contributed by atoms with Gasteiger partial charge in [0.05, 0.1) is 0 Å². The Bertz CT molecular complexity index is 382. The van der Waals surface area contributed by atoms with Crippen LogP contribution < -0.4 is 10.6 Å². The second-order valence-electron chi connectivity index (χ2n) is 5.17. The maximum atomic E-state index is 12.0. The Morgan fingerprint density at radius 2 is 1.78 bits per heavy atom. The van der Waals surface area contributed by atoms with Crippen molar-refractivity contribution < 1.29 is 4.79 Å². The number of benzene rings is 1. The van der Waals surface area contributed by atoms with Crippen LogP contribution in [0.1, 0.15) is 39.7 Å². The van der Waals surface area contributed by atoms with Crippen molar-refractivity contribution >= 4 is 11.6 Å². The molecule has 1 aromatic rings. The topological polar surface area (TPSA) is 41.1 Å². The van der Waals surface area contributed by atoms with Gasteiger partial charge in [-0.1, -0.05) is 39.8 Å². The van der Waals surface area contributed by atoms with Gasteiger partial charge in [0.2, 0.25) is 5.91 Å². The molecule has 0 saturated carbocycles. The molecule has 1 rings (SSSR count). The van der Waals surface area contributed by atoms with Gasteiger partial charge < -0.3 is 10.6 Å². The fraction of sp³-hybridized carbons (Fsp3) is 0.533. The van der Waals surface area contributed by atoms with Gasteiger partial charge in [-0.2, -0.15) is 0 Å². The molecule has 0 aliphatic rings. The molecular formula is C15H24N2O. The minimum absolute atomic E-state index is 0.0735. The van der Waals surface area contributed by atoms with Crippen LogP contribution in [-0.4, -0.2) is 12.5 Å². The standard InChI is InChI=1S/C15H24N2O/c1-5-15(3,4)14(18)17-13-9-7-12(8-10-13)11-16-6-2/h7-10,16H,5-6,11H2,1-4H3,(H,17,18). The molecule has 1 aromatic carbocycles. The predicted molar refractivity (Wildman–Crippen MR) is 76.5 cm³/mol. The molecular weight excluding hydrogens is 224 g/mol. The molecule has 0 heterocycles. The van der Waals surface area contributed by atoms with Crippen molar-refractivity contribution in [2.45, 2.75) is 40.7 Å². The largest absolute Gasteiger partial charge is 0.326 e. The van der Waals surface area contributed by atoms with E-state index < -0.39 is 0 Å². The zero-order valence-corrected chi connectivity index (χ0v) is 11.8. The molecule has 0 aliphatic carbocycles. The minimum Gasteiger partial charge on any atom is -0.326 e. The van der Waals surface area contributed by atoms with Gasteiger partial charge >= 0.3 is 0 Å². The molecule has 0 saturated heterocycles. The summed E-state index contributed by atoms with van der Waals surface area (Å²) in [6.45, 7) is 9.86. The van der Waals surface area contributed by atoms with Crippen molar-refractivity contribution in [1.82, 2.24) is 5.32 Å². The number of carbonyl (C=O) groups is 1. The number of carbonyl (C=O) groups excluding carboxylic acids is 1. The second kappa shape index (κ2) is 6.55. The summed E-state index contributed by atoms with van der Waals surface area (Å²) in [4.78, 5) is 12.0. The first-order chi connectivity index (χ1) is 8.49. The van der Waals surface area contributed by atoms with E-state index in [9.17, 15) is 4.79 Å². The van der Waals surface area contributed by atoms with E-state index in [4.69, 9.17) is 0 Å². The molecule has 0 fully saturated rings. The highest BCUT2D eigenvalue weighted by atomic mass is 16.2. The molecule has 100 valence electrons. The summed E-state index contributed by atoms with van der Waals surface area (Å²) in [7, 11) is 0. The van der Waals surface area contributed by atoms with Crippen LogP contribution in [0.5, 0.6) is 0 Å². The van der Waals surface area contributed by atoms with E-state index in [-0.39, 0.29) is 11.3 Å². The molecule has 0 unspecified atom stereocenters. The molecule has 18 heavy (non-hydrogen) atoms. The zero-order valence-electron chi connectivity index (χ0n) is 11.8. The first-order valence-electron chi connectivity index (χ1n) is 6.60. The maximum Gasteiger partial charge on any atom is 0.230 e. The third-order valence-electron chi connectivity index (χ3n) is 3.29. The average Bonchev–Trinajstić information content (AvgIpc) is 2.37. The summed E-state index contributed by atoms with van der Waals surface area (Å²) in [5.41, 5.74) is 1.77. The fourth-order valence-electron chi connectivity index (χ4n) is 1.44. The van der Waals surface area contributed by atoms with E-state index in [1.165, 1.54) is 5.56 Å². The van der Waals surface area contributed by atoms with Crippen LogP contribution in [0.4, 0.5) is 5.69 Å². The predicted octanol–water partition coefficient (Wildman–Crippen LogP) is 3.17. The molecule has 0 bridgehead atoms. The summed E-state index contributed by atoms with van der Waals surface area (Å²) < 4.78 is 0. The SMILES string of the molecule is CCNCc1ccc(NC(=O)C(C)(C)CC)cc1. The zero-order chi connectivity index (χ0) is 13.6. The van der Waals surface area contributed by atoms with Crippen LogP contribution >= 0.6 is 0 Å². The number of hydrogen-bond donors (Lipinski definition) is 2. The van der Waals surface area contributed by atoms with Gasteiger partial charge in [0, 0.05) is 17.6 Å². The van der Waals surface area contributed by atoms with E-state index >= 15 is 0 Å². The molecule has 3 heteroatoms. The molecule has 0 aliphatic heterocycles. The number of hydrogen-bond acceptors (Lipinski definition) is 2. The Kier molecular flexibility index (Phi) is 5.35. The lowest BCUT2D eigenvalue weighted by atomic mass is 9.89. The van der Waals surface area contributed by atoms with Crippen LogP contribution in [0.25, 0.3) is 0 Å². The lowest BCUT2D eigenvalue weighted by Gasteiger charge is -2.21. The molecule has 0 atom stereocenters. The Hall–Kier alpha value is -1.35. The maximum absolute atomic E-state index is 12.0. The van der Waals surface area contributed by atoms with Gasteiger partial charge in [-0.3, -0.25) is 4.79 Å². The number of rotatable bonds is 6. The summed E-state index contributed by atoms with van der Waals surface area (Å²) in [5, 5.41) is 6.23. The van der Waals surface area contributed by atoms with Crippen molar-refractivity contribution in [3.8, 4) is 0 Å². The van der Waals surface area contributed by atoms with E-state index in [2.05, 4.69) is 17.6 Å². The summed E-state index contributed by atoms with van der Waals surface area (Å²) in [6.07, 6.45) is 0.831. The van der Waals surface area contributed by atoms with Gasteiger partial charge in [0.15, 0.2) is 0 Å². The summed E-state index contributed by atoms with van der Waals surface area (Å²) in [5.74, 6) is 0.0735. The smallest absolute Gasteiger partial charge is 0.230 e. The Morgan fingerprint density at radius 1 is 1.17 bits per heavy atom. The van der Waals surface area contributed by atoms with Gasteiger partial charge in [0.1, 0.15) is 0 Å². The van der Waals surface area contributed by atoms with Crippen molar-refractivity contribution in [2.75, 3.05) is 11.9 Å². The lowest BCUT2D eigenvalue weighted by molar-refractivity contribution is -0.124. The van der Waals surface area contributed by atoms with Crippen LogP contribution in [0, 0.1) is 5.41 Å². The molecule has 0 aromatic heterocycles. The Labute approximate surface area is 110 Å². The summed E-state index contributed by atoms with van der Waals surface area (Å²) in [6, 6.07) is 7.99. The fourth-order valence-corrected chi connectivity index (χ4v) is 1.44. The average molecular weight is 248 g/mol.